The second kappa shape index (κ2) is 6.70. The van der Waals surface area contributed by atoms with E-state index < -0.39 is 4.92 Å². The summed E-state index contributed by atoms with van der Waals surface area (Å²) >= 11 is 5.87. The molecular formula is C14H19ClN2O4. The van der Waals surface area contributed by atoms with Crippen LogP contribution < -0.4 is 5.32 Å². The van der Waals surface area contributed by atoms with Gasteiger partial charge in [0.2, 0.25) is 0 Å². The lowest BCUT2D eigenvalue weighted by Crippen LogP contribution is -2.51. The predicted molar refractivity (Wildman–Crippen MR) is 79.6 cm³/mol. The third-order valence-corrected chi connectivity index (χ3v) is 3.44. The average Bonchev–Trinajstić information content (AvgIpc) is 2.37. The second-order valence-corrected chi connectivity index (χ2v) is 6.11. The van der Waals surface area contributed by atoms with Gasteiger partial charge in [-0.15, -0.1) is 0 Å². The maximum atomic E-state index is 11.0. The smallest absolute Gasteiger partial charge is 0.275 e. The van der Waals surface area contributed by atoms with Crippen molar-refractivity contribution in [3.05, 3.63) is 38.9 Å². The van der Waals surface area contributed by atoms with Gasteiger partial charge in [0.15, 0.2) is 0 Å². The normalized spacial score (nSPS) is 21.2. The van der Waals surface area contributed by atoms with Crippen molar-refractivity contribution >= 4 is 17.3 Å². The van der Waals surface area contributed by atoms with Gasteiger partial charge in [-0.1, -0.05) is 11.6 Å². The van der Waals surface area contributed by atoms with Crippen molar-refractivity contribution in [3.8, 4) is 0 Å². The first kappa shape index (κ1) is 16.2. The zero-order chi connectivity index (χ0) is 15.5. The Kier molecular flexibility index (Phi) is 5.16. The lowest BCUT2D eigenvalue weighted by molar-refractivity contribution is -0.386. The van der Waals surface area contributed by atoms with Gasteiger partial charge >= 0.3 is 0 Å². The van der Waals surface area contributed by atoms with Crippen LogP contribution in [0.3, 0.4) is 0 Å². The maximum absolute atomic E-state index is 11.0. The van der Waals surface area contributed by atoms with Crippen LogP contribution in [0.1, 0.15) is 19.4 Å². The molecule has 1 heterocycles. The molecule has 1 aromatic rings. The molecule has 21 heavy (non-hydrogen) atoms. The number of nitro benzene ring substituents is 1. The van der Waals surface area contributed by atoms with Crippen molar-refractivity contribution in [1.82, 2.24) is 5.32 Å². The molecule has 0 aliphatic carbocycles. The summed E-state index contributed by atoms with van der Waals surface area (Å²) in [7, 11) is 0. The summed E-state index contributed by atoms with van der Waals surface area (Å²) in [5, 5.41) is 14.7. The summed E-state index contributed by atoms with van der Waals surface area (Å²) in [6, 6.07) is 4.45. The van der Waals surface area contributed by atoms with Crippen LogP contribution in [0, 0.1) is 10.1 Å². The van der Waals surface area contributed by atoms with Crippen LogP contribution in [-0.4, -0.2) is 36.3 Å². The number of nitrogens with one attached hydrogen (secondary N) is 1. The molecule has 6 nitrogen and oxygen atoms in total. The fourth-order valence-electron chi connectivity index (χ4n) is 2.31. The van der Waals surface area contributed by atoms with E-state index >= 15 is 0 Å². The minimum Gasteiger partial charge on any atom is -0.374 e. The molecule has 7 heteroatoms. The summed E-state index contributed by atoms with van der Waals surface area (Å²) in [5.74, 6) is 0. The summed E-state index contributed by atoms with van der Waals surface area (Å²) < 4.78 is 11.4. The van der Waals surface area contributed by atoms with E-state index in [0.29, 0.717) is 23.7 Å². The number of benzene rings is 1. The Hall–Kier alpha value is -1.21. The van der Waals surface area contributed by atoms with E-state index in [2.05, 4.69) is 5.32 Å². The van der Waals surface area contributed by atoms with Crippen LogP contribution in [0.15, 0.2) is 18.2 Å². The number of halogens is 1. The van der Waals surface area contributed by atoms with Gasteiger partial charge in [-0.25, -0.2) is 0 Å². The Bertz CT molecular complexity index is 522. The highest BCUT2D eigenvalue weighted by atomic mass is 35.5. The highest BCUT2D eigenvalue weighted by molar-refractivity contribution is 6.30. The van der Waals surface area contributed by atoms with Crippen molar-refractivity contribution in [2.45, 2.75) is 32.2 Å². The van der Waals surface area contributed by atoms with E-state index in [1.165, 1.54) is 12.1 Å². The fraction of sp³-hybridized carbons (Fsp3) is 0.571. The van der Waals surface area contributed by atoms with Crippen molar-refractivity contribution in [2.24, 2.45) is 0 Å². The lowest BCUT2D eigenvalue weighted by atomic mass is 10.1. The molecule has 0 radical (unpaired) electrons. The van der Waals surface area contributed by atoms with Gasteiger partial charge in [-0.2, -0.15) is 0 Å². The number of rotatable bonds is 5. The summed E-state index contributed by atoms with van der Waals surface area (Å²) in [4.78, 5) is 10.5. The van der Waals surface area contributed by atoms with Gasteiger partial charge < -0.3 is 14.8 Å². The fourth-order valence-corrected chi connectivity index (χ4v) is 2.50. The second-order valence-electron chi connectivity index (χ2n) is 5.68. The molecule has 0 aromatic heterocycles. The quantitative estimate of drug-likeness (QED) is 0.668. The van der Waals surface area contributed by atoms with Crippen molar-refractivity contribution in [1.29, 1.82) is 0 Å². The van der Waals surface area contributed by atoms with Crippen molar-refractivity contribution < 1.29 is 14.4 Å². The summed E-state index contributed by atoms with van der Waals surface area (Å²) in [5.41, 5.74) is 0.256. The molecule has 116 valence electrons. The van der Waals surface area contributed by atoms with Crippen molar-refractivity contribution in [2.75, 3.05) is 19.7 Å². The Balaban J connectivity index is 1.91. The highest BCUT2D eigenvalue weighted by Crippen LogP contribution is 2.24. The first-order valence-electron chi connectivity index (χ1n) is 6.76. The minimum atomic E-state index is -0.434. The van der Waals surface area contributed by atoms with Crippen LogP contribution in [0.4, 0.5) is 5.69 Å². The molecule has 1 saturated heterocycles. The Morgan fingerprint density at radius 3 is 3.00 bits per heavy atom. The molecule has 1 N–H and O–H groups in total. The monoisotopic (exact) mass is 314 g/mol. The molecule has 1 unspecified atom stereocenters. The molecular weight excluding hydrogens is 296 g/mol. The molecule has 1 aliphatic heterocycles. The minimum absolute atomic E-state index is 0.0161. The van der Waals surface area contributed by atoms with E-state index in [4.69, 9.17) is 21.1 Å². The number of nitro groups is 1. The third kappa shape index (κ3) is 4.64. The molecule has 1 aromatic carbocycles. The molecule has 1 aliphatic rings. The topological polar surface area (TPSA) is 73.6 Å². The van der Waals surface area contributed by atoms with Gasteiger partial charge in [0.25, 0.3) is 5.69 Å². The van der Waals surface area contributed by atoms with Crippen molar-refractivity contribution in [3.63, 3.8) is 0 Å². The molecule has 0 spiro atoms. The van der Waals surface area contributed by atoms with Gasteiger partial charge in [-0.3, -0.25) is 10.1 Å². The third-order valence-electron chi connectivity index (χ3n) is 3.21. The van der Waals surface area contributed by atoms with Gasteiger partial charge in [-0.05, 0) is 26.0 Å². The zero-order valence-corrected chi connectivity index (χ0v) is 12.9. The van der Waals surface area contributed by atoms with E-state index in [9.17, 15) is 10.1 Å². The number of ether oxygens (including phenoxy) is 2. The average molecular weight is 315 g/mol. The van der Waals surface area contributed by atoms with Crippen LogP contribution in [0.25, 0.3) is 0 Å². The highest BCUT2D eigenvalue weighted by Gasteiger charge is 2.28. The standard InChI is InChI=1S/C14H19ClN2O4/c1-14(2)9-16-6-12(21-14)8-20-7-10-5-11(15)3-4-13(10)17(18)19/h3-5,12,16H,6-9H2,1-2H3. The SMILES string of the molecule is CC1(C)CNCC(COCc2cc(Cl)ccc2[N+](=O)[O-])O1. The first-order chi connectivity index (χ1) is 9.87. The first-order valence-corrected chi connectivity index (χ1v) is 7.14. The molecule has 1 fully saturated rings. The molecule has 1 atom stereocenters. The van der Waals surface area contributed by atoms with Crippen LogP contribution >= 0.6 is 11.6 Å². The largest absolute Gasteiger partial charge is 0.374 e. The van der Waals surface area contributed by atoms with E-state index in [1.807, 2.05) is 13.8 Å². The van der Waals surface area contributed by atoms with Gasteiger partial charge in [0.1, 0.15) is 0 Å². The van der Waals surface area contributed by atoms with E-state index in [0.717, 1.165) is 6.54 Å². The Morgan fingerprint density at radius 1 is 1.57 bits per heavy atom. The number of hydrogen-bond donors (Lipinski definition) is 1. The van der Waals surface area contributed by atoms with Crippen LogP contribution in [-0.2, 0) is 16.1 Å². The Morgan fingerprint density at radius 2 is 2.33 bits per heavy atom. The van der Waals surface area contributed by atoms with Gasteiger partial charge in [0.05, 0.1) is 35.4 Å². The van der Waals surface area contributed by atoms with E-state index in [-0.39, 0.29) is 24.0 Å². The number of nitrogens with zero attached hydrogens (tertiary/aromatic N) is 1. The van der Waals surface area contributed by atoms with E-state index in [1.54, 1.807) is 6.07 Å². The summed E-state index contributed by atoms with van der Waals surface area (Å²) in [6.07, 6.45) is -0.0630. The maximum Gasteiger partial charge on any atom is 0.275 e. The zero-order valence-electron chi connectivity index (χ0n) is 12.1. The van der Waals surface area contributed by atoms with Crippen LogP contribution in [0.5, 0.6) is 0 Å². The predicted octanol–water partition coefficient (Wildman–Crippen LogP) is 2.53. The molecule has 2 rings (SSSR count). The summed E-state index contributed by atoms with van der Waals surface area (Å²) in [6.45, 7) is 6.03. The molecule has 0 amide bonds. The lowest BCUT2D eigenvalue weighted by Gasteiger charge is -2.36. The number of morpholine rings is 1. The Labute approximate surface area is 128 Å². The van der Waals surface area contributed by atoms with Gasteiger partial charge in [0, 0.05) is 24.2 Å². The number of hydrogen-bond acceptors (Lipinski definition) is 5. The molecule has 0 saturated carbocycles. The van der Waals surface area contributed by atoms with Crippen LogP contribution in [0.2, 0.25) is 5.02 Å². The molecule has 0 bridgehead atoms.